The van der Waals surface area contributed by atoms with Gasteiger partial charge in [0.2, 0.25) is 0 Å². The number of nitriles is 1. The van der Waals surface area contributed by atoms with Crippen LogP contribution in [0.2, 0.25) is 5.02 Å². The molecule has 2 aliphatic heterocycles. The number of halogens is 1. The average molecular weight is 489 g/mol. The minimum absolute atomic E-state index is 0.0692. The SMILES string of the molecule is N#Cc1cccc(OC2C[C@H]3CC[C@@H](C2)N3C(=O)c2ccc(CSc3ccccc3Cl)cc2)c1. The van der Waals surface area contributed by atoms with Crippen LogP contribution in [-0.2, 0) is 5.75 Å². The molecule has 0 saturated carbocycles. The summed E-state index contributed by atoms with van der Waals surface area (Å²) in [5, 5.41) is 9.88. The van der Waals surface area contributed by atoms with Crippen LogP contribution < -0.4 is 4.74 Å². The van der Waals surface area contributed by atoms with Gasteiger partial charge in [-0.15, -0.1) is 11.8 Å². The predicted molar refractivity (Wildman–Crippen MR) is 135 cm³/mol. The second kappa shape index (κ2) is 10.1. The number of thioether (sulfide) groups is 1. The molecule has 4 nitrogen and oxygen atoms in total. The van der Waals surface area contributed by atoms with Crippen molar-refractivity contribution in [1.82, 2.24) is 4.90 Å². The maximum absolute atomic E-state index is 13.4. The van der Waals surface area contributed by atoms with Crippen LogP contribution in [0.25, 0.3) is 0 Å². The highest BCUT2D eigenvalue weighted by molar-refractivity contribution is 7.98. The summed E-state index contributed by atoms with van der Waals surface area (Å²) in [6, 6.07) is 25.7. The summed E-state index contributed by atoms with van der Waals surface area (Å²) >= 11 is 7.95. The number of benzene rings is 3. The Morgan fingerprint density at radius 2 is 1.76 bits per heavy atom. The number of piperidine rings is 1. The van der Waals surface area contributed by atoms with E-state index in [9.17, 15) is 4.79 Å². The van der Waals surface area contributed by atoms with Gasteiger partial charge in [-0.2, -0.15) is 5.26 Å². The van der Waals surface area contributed by atoms with Crippen molar-refractivity contribution in [2.24, 2.45) is 0 Å². The molecule has 2 aliphatic rings. The number of hydrogen-bond acceptors (Lipinski definition) is 4. The quantitative estimate of drug-likeness (QED) is 0.361. The fourth-order valence-corrected chi connectivity index (χ4v) is 6.20. The lowest BCUT2D eigenvalue weighted by Gasteiger charge is -2.39. The molecule has 172 valence electrons. The predicted octanol–water partition coefficient (Wildman–Crippen LogP) is 6.72. The van der Waals surface area contributed by atoms with E-state index in [-0.39, 0.29) is 24.1 Å². The van der Waals surface area contributed by atoms with Gasteiger partial charge < -0.3 is 9.64 Å². The monoisotopic (exact) mass is 488 g/mol. The van der Waals surface area contributed by atoms with E-state index in [4.69, 9.17) is 21.6 Å². The maximum Gasteiger partial charge on any atom is 0.254 e. The van der Waals surface area contributed by atoms with Crippen LogP contribution >= 0.6 is 23.4 Å². The third-order valence-electron chi connectivity index (χ3n) is 6.62. The zero-order chi connectivity index (χ0) is 23.5. The van der Waals surface area contributed by atoms with Gasteiger partial charge in [0.25, 0.3) is 5.91 Å². The van der Waals surface area contributed by atoms with Crippen LogP contribution in [0.1, 0.15) is 47.2 Å². The van der Waals surface area contributed by atoms with E-state index in [1.807, 2.05) is 60.7 Å². The largest absolute Gasteiger partial charge is 0.490 e. The van der Waals surface area contributed by atoms with Crippen molar-refractivity contribution in [1.29, 1.82) is 5.26 Å². The highest BCUT2D eigenvalue weighted by atomic mass is 35.5. The van der Waals surface area contributed by atoms with Crippen molar-refractivity contribution in [3.8, 4) is 11.8 Å². The number of nitrogens with zero attached hydrogens (tertiary/aromatic N) is 2. The zero-order valence-electron chi connectivity index (χ0n) is 18.7. The number of hydrogen-bond donors (Lipinski definition) is 0. The van der Waals surface area contributed by atoms with E-state index < -0.39 is 0 Å². The van der Waals surface area contributed by atoms with Crippen LogP contribution in [0.3, 0.4) is 0 Å². The molecule has 5 rings (SSSR count). The molecule has 0 spiro atoms. The van der Waals surface area contributed by atoms with E-state index in [0.29, 0.717) is 5.56 Å². The van der Waals surface area contributed by atoms with Crippen molar-refractivity contribution in [2.75, 3.05) is 0 Å². The summed E-state index contributed by atoms with van der Waals surface area (Å²) in [6.07, 6.45) is 3.75. The minimum Gasteiger partial charge on any atom is -0.490 e. The van der Waals surface area contributed by atoms with E-state index >= 15 is 0 Å². The van der Waals surface area contributed by atoms with Gasteiger partial charge in [-0.3, -0.25) is 4.79 Å². The Morgan fingerprint density at radius 3 is 2.47 bits per heavy atom. The topological polar surface area (TPSA) is 53.3 Å². The summed E-state index contributed by atoms with van der Waals surface area (Å²) in [5.41, 5.74) is 2.50. The van der Waals surface area contributed by atoms with Gasteiger partial charge in [-0.1, -0.05) is 41.9 Å². The van der Waals surface area contributed by atoms with Gasteiger partial charge >= 0.3 is 0 Å². The Morgan fingerprint density at radius 1 is 1.03 bits per heavy atom. The molecule has 0 aliphatic carbocycles. The van der Waals surface area contributed by atoms with Crippen LogP contribution in [0.5, 0.6) is 5.75 Å². The molecule has 0 radical (unpaired) electrons. The first-order valence-electron chi connectivity index (χ1n) is 11.6. The Balaban J connectivity index is 1.20. The molecular formula is C28H25ClN2O2S. The normalized spacial score (nSPS) is 21.2. The number of ether oxygens (including phenoxy) is 1. The lowest BCUT2D eigenvalue weighted by Crippen LogP contribution is -2.49. The van der Waals surface area contributed by atoms with Crippen molar-refractivity contribution < 1.29 is 9.53 Å². The zero-order valence-corrected chi connectivity index (χ0v) is 20.3. The molecule has 2 bridgehead atoms. The maximum atomic E-state index is 13.4. The summed E-state index contributed by atoms with van der Waals surface area (Å²) in [7, 11) is 0. The Kier molecular flexibility index (Phi) is 6.80. The third-order valence-corrected chi connectivity index (χ3v) is 8.21. The molecular weight excluding hydrogens is 464 g/mol. The number of carbonyl (C=O) groups excluding carboxylic acids is 1. The summed E-state index contributed by atoms with van der Waals surface area (Å²) < 4.78 is 6.20. The highest BCUT2D eigenvalue weighted by Gasteiger charge is 2.44. The Bertz CT molecular complexity index is 1210. The molecule has 1 amide bonds. The van der Waals surface area contributed by atoms with Crippen molar-refractivity contribution in [2.45, 2.75) is 54.5 Å². The number of rotatable bonds is 6. The standard InChI is InChI=1S/C28H25ClN2O2S/c29-26-6-1-2-7-27(26)34-18-19-8-10-21(11-9-19)28(32)31-22-12-13-23(31)16-25(15-22)33-24-5-3-4-20(14-24)17-30/h1-11,14,22-23,25H,12-13,15-16,18H2/t22-,23+,25?. The van der Waals surface area contributed by atoms with Crippen LogP contribution in [-0.4, -0.2) is 29.0 Å². The molecule has 6 heteroatoms. The smallest absolute Gasteiger partial charge is 0.254 e. The molecule has 2 saturated heterocycles. The first kappa shape index (κ1) is 22.8. The second-order valence-electron chi connectivity index (χ2n) is 8.86. The number of amides is 1. The number of carbonyl (C=O) groups is 1. The fourth-order valence-electron chi connectivity index (χ4n) is 5.00. The van der Waals surface area contributed by atoms with Gasteiger partial charge in [0.15, 0.2) is 0 Å². The second-order valence-corrected chi connectivity index (χ2v) is 10.3. The van der Waals surface area contributed by atoms with E-state index in [2.05, 4.69) is 11.0 Å². The van der Waals surface area contributed by atoms with Crippen LogP contribution in [0.4, 0.5) is 0 Å². The molecule has 0 aromatic heterocycles. The third kappa shape index (κ3) is 4.94. The van der Waals surface area contributed by atoms with Crippen molar-refractivity contribution >= 4 is 29.3 Å². The molecule has 3 atom stereocenters. The lowest BCUT2D eigenvalue weighted by molar-refractivity contribution is 0.0359. The first-order valence-corrected chi connectivity index (χ1v) is 12.9. The van der Waals surface area contributed by atoms with Gasteiger partial charge in [0.05, 0.1) is 16.7 Å². The van der Waals surface area contributed by atoms with E-state index in [1.165, 1.54) is 0 Å². The van der Waals surface area contributed by atoms with E-state index in [0.717, 1.165) is 58.2 Å². The first-order chi connectivity index (χ1) is 16.6. The Hall–Kier alpha value is -2.94. The van der Waals surface area contributed by atoms with Gasteiger partial charge in [0.1, 0.15) is 11.9 Å². The summed E-state index contributed by atoms with van der Waals surface area (Å²) in [4.78, 5) is 16.5. The molecule has 1 unspecified atom stereocenters. The van der Waals surface area contributed by atoms with Gasteiger partial charge in [-0.05, 0) is 60.9 Å². The van der Waals surface area contributed by atoms with Gasteiger partial charge in [0, 0.05) is 41.1 Å². The van der Waals surface area contributed by atoms with Crippen molar-refractivity contribution in [3.05, 3.63) is 94.5 Å². The molecule has 3 aromatic rings. The average Bonchev–Trinajstić information content (AvgIpc) is 3.13. The molecule has 2 fully saturated rings. The fraction of sp³-hybridized carbons (Fsp3) is 0.286. The summed E-state index contributed by atoms with van der Waals surface area (Å²) in [6.45, 7) is 0. The van der Waals surface area contributed by atoms with Crippen LogP contribution in [0, 0.1) is 11.3 Å². The minimum atomic E-state index is 0.0692. The molecule has 3 aromatic carbocycles. The van der Waals surface area contributed by atoms with Crippen molar-refractivity contribution in [3.63, 3.8) is 0 Å². The number of fused-ring (bicyclic) bond motifs is 2. The van der Waals surface area contributed by atoms with E-state index in [1.54, 1.807) is 23.9 Å². The Labute approximate surface area is 209 Å². The van der Waals surface area contributed by atoms with Gasteiger partial charge in [-0.25, -0.2) is 0 Å². The molecule has 2 heterocycles. The lowest BCUT2D eigenvalue weighted by atomic mass is 9.98. The van der Waals surface area contributed by atoms with Crippen LogP contribution in [0.15, 0.2) is 77.7 Å². The highest BCUT2D eigenvalue weighted by Crippen LogP contribution is 2.38. The molecule has 34 heavy (non-hydrogen) atoms. The molecule has 0 N–H and O–H groups in total. The summed E-state index contributed by atoms with van der Waals surface area (Å²) in [5.74, 6) is 1.65.